The third kappa shape index (κ3) is 2.82. The summed E-state index contributed by atoms with van der Waals surface area (Å²) < 4.78 is 5.95. The number of aliphatic hydroxyl groups is 2. The molecule has 114 valence electrons. The van der Waals surface area contributed by atoms with E-state index in [4.69, 9.17) is 4.74 Å². The molecule has 2 heterocycles. The van der Waals surface area contributed by atoms with Crippen LogP contribution in [0.25, 0.3) is 0 Å². The first-order valence-electron chi connectivity index (χ1n) is 7.30. The molecule has 0 amide bonds. The van der Waals surface area contributed by atoms with Crippen LogP contribution < -0.4 is 5.32 Å². The molecule has 0 aromatic heterocycles. The molecule has 2 fully saturated rings. The van der Waals surface area contributed by atoms with Gasteiger partial charge in [0.05, 0.1) is 0 Å². The average molecular weight is 301 g/mol. The number of fused-ring (bicyclic) bond motifs is 1. The Morgan fingerprint density at radius 1 is 1.40 bits per heavy atom. The number of hydrogen-bond acceptors (Lipinski definition) is 7. The number of rotatable bonds is 4. The van der Waals surface area contributed by atoms with Crippen LogP contribution in [0.4, 0.5) is 0 Å². The van der Waals surface area contributed by atoms with Crippen LogP contribution in [0.1, 0.15) is 19.8 Å². The van der Waals surface area contributed by atoms with Crippen LogP contribution in [-0.4, -0.2) is 76.2 Å². The lowest BCUT2D eigenvalue weighted by molar-refractivity contribution is -0.150. The van der Waals surface area contributed by atoms with Gasteiger partial charge >= 0.3 is 0 Å². The summed E-state index contributed by atoms with van der Waals surface area (Å²) in [4.78, 5) is 6.54. The monoisotopic (exact) mass is 301 g/mol. The molecule has 6 nitrogen and oxygen atoms in total. The van der Waals surface area contributed by atoms with Gasteiger partial charge in [0, 0.05) is 26.2 Å². The fourth-order valence-corrected chi connectivity index (χ4v) is 3.73. The highest BCUT2D eigenvalue weighted by atomic mass is 32.2. The first-order valence-corrected chi connectivity index (χ1v) is 8.18. The van der Waals surface area contributed by atoms with Crippen molar-refractivity contribution in [2.75, 3.05) is 20.1 Å². The molecule has 1 aliphatic carbocycles. The normalized spacial score (nSPS) is 40.4. The van der Waals surface area contributed by atoms with Crippen molar-refractivity contribution in [2.24, 2.45) is 4.99 Å². The smallest absolute Gasteiger partial charge is 0.162 e. The molecule has 1 saturated carbocycles. The number of ether oxygens (including phenoxy) is 1. The zero-order valence-corrected chi connectivity index (χ0v) is 12.7. The minimum Gasteiger partial charge on any atom is -0.388 e. The van der Waals surface area contributed by atoms with E-state index in [1.165, 1.54) is 12.8 Å². The maximum atomic E-state index is 10.3. The standard InChI is InChI=1S/C13H23N3O3S/c1-3-16(2)13-15-9-11(18)10(17)8(19-12(9)20-13)6-14-7-4-5-7/h7-12,14,17-18H,3-6H2,1-2H3/t8-,9-,10-,11-,12-/m1/s1. The summed E-state index contributed by atoms with van der Waals surface area (Å²) in [5.74, 6) is 0. The molecular formula is C13H23N3O3S. The van der Waals surface area contributed by atoms with Crippen LogP contribution in [0.3, 0.4) is 0 Å². The highest BCUT2D eigenvalue weighted by molar-refractivity contribution is 8.14. The molecule has 0 radical (unpaired) electrons. The summed E-state index contributed by atoms with van der Waals surface area (Å²) >= 11 is 1.54. The summed E-state index contributed by atoms with van der Waals surface area (Å²) in [6.07, 6.45) is 0.301. The highest BCUT2D eigenvalue weighted by Gasteiger charge is 2.48. The number of amidine groups is 1. The molecule has 3 rings (SSSR count). The molecule has 1 saturated heterocycles. The van der Waals surface area contributed by atoms with Gasteiger partial charge in [-0.3, -0.25) is 4.99 Å². The maximum absolute atomic E-state index is 10.3. The lowest BCUT2D eigenvalue weighted by atomic mass is 9.98. The van der Waals surface area contributed by atoms with Gasteiger partial charge in [0.25, 0.3) is 0 Å². The van der Waals surface area contributed by atoms with Crippen molar-refractivity contribution in [3.63, 3.8) is 0 Å². The molecule has 0 bridgehead atoms. The Morgan fingerprint density at radius 3 is 2.80 bits per heavy atom. The predicted octanol–water partition coefficient (Wildman–Crippen LogP) is -0.392. The molecule has 3 N–H and O–H groups in total. The Balaban J connectivity index is 1.63. The Labute approximate surface area is 123 Å². The second-order valence-corrected chi connectivity index (χ2v) is 6.81. The lowest BCUT2D eigenvalue weighted by Crippen LogP contribution is -2.57. The van der Waals surface area contributed by atoms with Gasteiger partial charge in [-0.25, -0.2) is 0 Å². The molecule has 20 heavy (non-hydrogen) atoms. The summed E-state index contributed by atoms with van der Waals surface area (Å²) in [5, 5.41) is 24.7. The number of aliphatic hydroxyl groups excluding tert-OH is 2. The summed E-state index contributed by atoms with van der Waals surface area (Å²) in [5.41, 5.74) is -0.191. The van der Waals surface area contributed by atoms with E-state index in [0.717, 1.165) is 11.7 Å². The molecule has 5 atom stereocenters. The number of thioether (sulfide) groups is 1. The van der Waals surface area contributed by atoms with Gasteiger partial charge in [-0.2, -0.15) is 0 Å². The largest absolute Gasteiger partial charge is 0.388 e. The fraction of sp³-hybridized carbons (Fsp3) is 0.923. The summed E-state index contributed by atoms with van der Waals surface area (Å²) in [6, 6.07) is 0.200. The molecule has 0 spiro atoms. The second-order valence-electron chi connectivity index (χ2n) is 5.74. The first kappa shape index (κ1) is 14.6. The van der Waals surface area contributed by atoms with Gasteiger partial charge in [-0.1, -0.05) is 11.8 Å². The molecule has 3 aliphatic rings. The Hall–Kier alpha value is -0.340. The van der Waals surface area contributed by atoms with Crippen molar-refractivity contribution >= 4 is 16.9 Å². The molecule has 7 heteroatoms. The quantitative estimate of drug-likeness (QED) is 0.656. The Bertz CT molecular complexity index is 391. The molecule has 0 aromatic rings. The summed E-state index contributed by atoms with van der Waals surface area (Å²) in [7, 11) is 1.97. The van der Waals surface area contributed by atoms with Gasteiger partial charge in [-0.05, 0) is 19.8 Å². The van der Waals surface area contributed by atoms with Crippen molar-refractivity contribution in [1.82, 2.24) is 10.2 Å². The lowest BCUT2D eigenvalue weighted by Gasteiger charge is -2.38. The molecule has 0 unspecified atom stereocenters. The van der Waals surface area contributed by atoms with Gasteiger partial charge in [0.1, 0.15) is 29.8 Å². The van der Waals surface area contributed by atoms with Gasteiger partial charge in [0.2, 0.25) is 0 Å². The minimum absolute atomic E-state index is 0.191. The fourth-order valence-electron chi connectivity index (χ4n) is 2.48. The van der Waals surface area contributed by atoms with E-state index in [0.29, 0.717) is 12.6 Å². The van der Waals surface area contributed by atoms with Gasteiger partial charge in [0.15, 0.2) is 5.17 Å². The van der Waals surface area contributed by atoms with E-state index >= 15 is 0 Å². The molecule has 2 aliphatic heterocycles. The summed E-state index contributed by atoms with van der Waals surface area (Å²) in [6.45, 7) is 3.50. The van der Waals surface area contributed by atoms with E-state index in [2.05, 4.69) is 17.2 Å². The second kappa shape index (κ2) is 5.81. The van der Waals surface area contributed by atoms with Crippen molar-refractivity contribution in [2.45, 2.75) is 55.6 Å². The van der Waals surface area contributed by atoms with Crippen molar-refractivity contribution in [1.29, 1.82) is 0 Å². The minimum atomic E-state index is -0.877. The van der Waals surface area contributed by atoms with Crippen molar-refractivity contribution in [3.8, 4) is 0 Å². The third-order valence-electron chi connectivity index (χ3n) is 4.14. The van der Waals surface area contributed by atoms with E-state index in [-0.39, 0.29) is 17.6 Å². The predicted molar refractivity (Wildman–Crippen MR) is 78.8 cm³/mol. The highest BCUT2D eigenvalue weighted by Crippen LogP contribution is 2.37. The first-order chi connectivity index (χ1) is 9.60. The van der Waals surface area contributed by atoms with Gasteiger partial charge < -0.3 is 25.2 Å². The number of hydrogen-bond donors (Lipinski definition) is 3. The number of nitrogens with one attached hydrogen (secondary N) is 1. The van der Waals surface area contributed by atoms with Crippen LogP contribution in [0.2, 0.25) is 0 Å². The zero-order valence-electron chi connectivity index (χ0n) is 11.9. The van der Waals surface area contributed by atoms with Gasteiger partial charge in [-0.15, -0.1) is 0 Å². The maximum Gasteiger partial charge on any atom is 0.162 e. The van der Waals surface area contributed by atoms with Crippen molar-refractivity contribution in [3.05, 3.63) is 0 Å². The molecule has 0 aromatic carbocycles. The van der Waals surface area contributed by atoms with E-state index < -0.39 is 12.2 Å². The molecular weight excluding hydrogens is 278 g/mol. The van der Waals surface area contributed by atoms with E-state index in [9.17, 15) is 10.2 Å². The van der Waals surface area contributed by atoms with E-state index in [1.54, 1.807) is 11.8 Å². The number of nitrogens with zero attached hydrogens (tertiary/aromatic N) is 2. The number of aliphatic imine (C=N–C) groups is 1. The third-order valence-corrected chi connectivity index (χ3v) is 5.39. The average Bonchev–Trinajstić information content (AvgIpc) is 3.18. The van der Waals surface area contributed by atoms with E-state index in [1.807, 2.05) is 11.9 Å². The van der Waals surface area contributed by atoms with Crippen LogP contribution in [0.5, 0.6) is 0 Å². The zero-order chi connectivity index (χ0) is 14.3. The Morgan fingerprint density at radius 2 is 2.15 bits per heavy atom. The van der Waals surface area contributed by atoms with Crippen LogP contribution in [0, 0.1) is 0 Å². The Kier molecular flexibility index (Phi) is 4.24. The SMILES string of the molecule is CCN(C)C1=N[C@@H]2[C@@H](O)[C@H](O)[C@@H](CNC3CC3)O[C@@H]2S1. The van der Waals surface area contributed by atoms with Crippen LogP contribution in [-0.2, 0) is 4.74 Å². The van der Waals surface area contributed by atoms with Crippen LogP contribution in [0.15, 0.2) is 4.99 Å². The van der Waals surface area contributed by atoms with Crippen LogP contribution >= 0.6 is 11.8 Å². The topological polar surface area (TPSA) is 77.3 Å². The van der Waals surface area contributed by atoms with Crippen molar-refractivity contribution < 1.29 is 14.9 Å².